The molecule has 7 heteroatoms. The van der Waals surface area contributed by atoms with Gasteiger partial charge in [-0.2, -0.15) is 0 Å². The van der Waals surface area contributed by atoms with Crippen LogP contribution in [0.25, 0.3) is 0 Å². The lowest BCUT2D eigenvalue weighted by Crippen LogP contribution is -2.39. The van der Waals surface area contributed by atoms with Gasteiger partial charge in [0.1, 0.15) is 12.3 Å². The third-order valence-corrected chi connectivity index (χ3v) is 4.34. The van der Waals surface area contributed by atoms with Crippen LogP contribution in [0.4, 0.5) is 0 Å². The number of ether oxygens (including phenoxy) is 1. The molecule has 0 aromatic carbocycles. The number of aromatic nitrogens is 1. The molecule has 0 unspecified atom stereocenters. The first-order chi connectivity index (χ1) is 11.7. The number of oxazole rings is 1. The van der Waals surface area contributed by atoms with E-state index in [1.165, 1.54) is 38.5 Å². The van der Waals surface area contributed by atoms with Crippen LogP contribution < -0.4 is 10.6 Å². The molecule has 2 N–H and O–H groups in total. The van der Waals surface area contributed by atoms with E-state index in [1.807, 2.05) is 13.8 Å². The van der Waals surface area contributed by atoms with Gasteiger partial charge in [-0.05, 0) is 33.6 Å². The Morgan fingerprint density at radius 3 is 2.52 bits per heavy atom. The second-order valence-corrected chi connectivity index (χ2v) is 6.36. The Bertz CT molecular complexity index is 492. The summed E-state index contributed by atoms with van der Waals surface area (Å²) < 4.78 is 11.6. The highest BCUT2D eigenvalue weighted by Crippen LogP contribution is 2.19. The molecule has 1 aliphatic carbocycles. The normalized spacial score (nSPS) is 16.2. The summed E-state index contributed by atoms with van der Waals surface area (Å²) >= 11 is 0. The summed E-state index contributed by atoms with van der Waals surface area (Å²) in [6, 6.07) is 0. The van der Waals surface area contributed by atoms with E-state index in [4.69, 9.17) is 9.15 Å². The summed E-state index contributed by atoms with van der Waals surface area (Å²) in [5.41, 5.74) is 0.926. The minimum atomic E-state index is 0. The summed E-state index contributed by atoms with van der Waals surface area (Å²) in [7, 11) is 0. The zero-order valence-electron chi connectivity index (χ0n) is 15.8. The highest BCUT2D eigenvalue weighted by molar-refractivity contribution is 14.0. The molecule has 2 rings (SSSR count). The Morgan fingerprint density at radius 1 is 1.20 bits per heavy atom. The van der Waals surface area contributed by atoms with Crippen LogP contribution in [0.1, 0.15) is 62.8 Å². The minimum absolute atomic E-state index is 0. The maximum Gasteiger partial charge on any atom is 0.216 e. The molecule has 1 aromatic rings. The van der Waals surface area contributed by atoms with Crippen molar-refractivity contribution in [3.63, 3.8) is 0 Å². The molecule has 1 fully saturated rings. The largest absolute Gasteiger partial charge is 0.444 e. The molecule has 0 radical (unpaired) electrons. The zero-order valence-corrected chi connectivity index (χ0v) is 18.1. The van der Waals surface area contributed by atoms with E-state index in [0.29, 0.717) is 25.1 Å². The van der Waals surface area contributed by atoms with Crippen molar-refractivity contribution in [2.24, 2.45) is 4.99 Å². The van der Waals surface area contributed by atoms with Crippen molar-refractivity contribution in [2.75, 3.05) is 19.7 Å². The van der Waals surface area contributed by atoms with Crippen molar-refractivity contribution in [3.8, 4) is 0 Å². The van der Waals surface area contributed by atoms with Gasteiger partial charge in [0, 0.05) is 13.1 Å². The average Bonchev–Trinajstić information content (AvgIpc) is 2.77. The molecule has 0 atom stereocenters. The van der Waals surface area contributed by atoms with Crippen molar-refractivity contribution in [1.29, 1.82) is 0 Å². The first-order valence-corrected chi connectivity index (χ1v) is 9.25. The van der Waals surface area contributed by atoms with Gasteiger partial charge < -0.3 is 19.8 Å². The molecule has 1 aliphatic rings. The third kappa shape index (κ3) is 8.40. The quantitative estimate of drug-likeness (QED) is 0.212. The van der Waals surface area contributed by atoms with Crippen LogP contribution in [-0.4, -0.2) is 36.7 Å². The summed E-state index contributed by atoms with van der Waals surface area (Å²) in [4.78, 5) is 8.87. The monoisotopic (exact) mass is 464 g/mol. The van der Waals surface area contributed by atoms with Crippen LogP contribution in [0.3, 0.4) is 0 Å². The standard InChI is InChI=1S/C18H32N4O2.HI/c1-4-19-18(21-13-17-22-14(2)15(3)24-17)20-11-12-23-16-9-7-5-6-8-10-16;/h16H,4-13H2,1-3H3,(H2,19,20,21);1H. The summed E-state index contributed by atoms with van der Waals surface area (Å²) in [5, 5.41) is 6.55. The zero-order chi connectivity index (χ0) is 17.2. The van der Waals surface area contributed by atoms with Gasteiger partial charge in [0.05, 0.1) is 18.4 Å². The summed E-state index contributed by atoms with van der Waals surface area (Å²) in [6.07, 6.45) is 8.17. The Kier molecular flexibility index (Phi) is 11.1. The van der Waals surface area contributed by atoms with Gasteiger partial charge in [-0.3, -0.25) is 0 Å². The molecular formula is C18H33IN4O2. The molecule has 0 bridgehead atoms. The fraction of sp³-hybridized carbons (Fsp3) is 0.778. The average molecular weight is 464 g/mol. The molecule has 0 amide bonds. The van der Waals surface area contributed by atoms with Crippen molar-refractivity contribution >= 4 is 29.9 Å². The van der Waals surface area contributed by atoms with Gasteiger partial charge in [-0.25, -0.2) is 9.98 Å². The first-order valence-electron chi connectivity index (χ1n) is 9.25. The van der Waals surface area contributed by atoms with Crippen molar-refractivity contribution in [3.05, 3.63) is 17.3 Å². The van der Waals surface area contributed by atoms with Gasteiger partial charge in [-0.15, -0.1) is 24.0 Å². The van der Waals surface area contributed by atoms with Crippen LogP contribution in [0.5, 0.6) is 0 Å². The van der Waals surface area contributed by atoms with E-state index < -0.39 is 0 Å². The third-order valence-electron chi connectivity index (χ3n) is 4.34. The van der Waals surface area contributed by atoms with Crippen LogP contribution >= 0.6 is 24.0 Å². The Balaban J connectivity index is 0.00000312. The lowest BCUT2D eigenvalue weighted by Gasteiger charge is -2.16. The molecule has 0 aliphatic heterocycles. The smallest absolute Gasteiger partial charge is 0.216 e. The van der Waals surface area contributed by atoms with E-state index in [-0.39, 0.29) is 24.0 Å². The van der Waals surface area contributed by atoms with Crippen molar-refractivity contribution in [2.45, 2.75) is 71.9 Å². The van der Waals surface area contributed by atoms with Crippen molar-refractivity contribution in [1.82, 2.24) is 15.6 Å². The lowest BCUT2D eigenvalue weighted by molar-refractivity contribution is 0.0468. The van der Waals surface area contributed by atoms with Crippen LogP contribution in [0.15, 0.2) is 9.41 Å². The van der Waals surface area contributed by atoms with E-state index in [2.05, 4.69) is 27.5 Å². The van der Waals surface area contributed by atoms with Gasteiger partial charge >= 0.3 is 0 Å². The maximum atomic E-state index is 6.00. The minimum Gasteiger partial charge on any atom is -0.444 e. The first kappa shape index (κ1) is 22.2. The topological polar surface area (TPSA) is 71.7 Å². The van der Waals surface area contributed by atoms with Crippen LogP contribution in [0, 0.1) is 13.8 Å². The molecule has 144 valence electrons. The Hall–Kier alpha value is -0.830. The Morgan fingerprint density at radius 2 is 1.92 bits per heavy atom. The molecule has 6 nitrogen and oxygen atoms in total. The number of hydrogen-bond donors (Lipinski definition) is 2. The van der Waals surface area contributed by atoms with E-state index in [0.717, 1.165) is 30.5 Å². The number of rotatable bonds is 7. The van der Waals surface area contributed by atoms with Gasteiger partial charge in [-0.1, -0.05) is 25.7 Å². The van der Waals surface area contributed by atoms with Crippen molar-refractivity contribution < 1.29 is 9.15 Å². The van der Waals surface area contributed by atoms with Gasteiger partial charge in [0.2, 0.25) is 5.89 Å². The number of halogens is 1. The number of nitrogens with one attached hydrogen (secondary N) is 2. The van der Waals surface area contributed by atoms with Gasteiger partial charge in [0.25, 0.3) is 0 Å². The molecule has 0 saturated heterocycles. The number of nitrogens with zero attached hydrogens (tertiary/aromatic N) is 2. The fourth-order valence-electron chi connectivity index (χ4n) is 2.90. The van der Waals surface area contributed by atoms with E-state index >= 15 is 0 Å². The second-order valence-electron chi connectivity index (χ2n) is 6.36. The summed E-state index contributed by atoms with van der Waals surface area (Å²) in [5.74, 6) is 2.28. The van der Waals surface area contributed by atoms with Gasteiger partial charge in [0.15, 0.2) is 5.96 Å². The van der Waals surface area contributed by atoms with E-state index in [1.54, 1.807) is 0 Å². The van der Waals surface area contributed by atoms with Crippen LogP contribution in [0.2, 0.25) is 0 Å². The predicted octanol–water partition coefficient (Wildman–Crippen LogP) is 3.70. The maximum absolute atomic E-state index is 6.00. The Labute approximate surface area is 168 Å². The van der Waals surface area contributed by atoms with Crippen LogP contribution in [-0.2, 0) is 11.3 Å². The molecule has 0 spiro atoms. The summed E-state index contributed by atoms with van der Waals surface area (Å²) in [6.45, 7) is 8.65. The highest BCUT2D eigenvalue weighted by atomic mass is 127. The lowest BCUT2D eigenvalue weighted by atomic mass is 10.1. The molecule has 1 saturated carbocycles. The number of hydrogen-bond acceptors (Lipinski definition) is 4. The SMILES string of the molecule is CCNC(=NCc1nc(C)c(C)o1)NCCOC1CCCCCC1.I. The molecular weight excluding hydrogens is 431 g/mol. The number of aliphatic imine (C=N–C) groups is 1. The molecule has 25 heavy (non-hydrogen) atoms. The fourth-order valence-corrected chi connectivity index (χ4v) is 2.90. The highest BCUT2D eigenvalue weighted by Gasteiger charge is 2.12. The number of aryl methyl sites for hydroxylation is 2. The second kappa shape index (κ2) is 12.5. The number of guanidine groups is 1. The predicted molar refractivity (Wildman–Crippen MR) is 112 cm³/mol. The molecule has 1 heterocycles. The van der Waals surface area contributed by atoms with E-state index in [9.17, 15) is 0 Å². The molecule has 1 aromatic heterocycles.